The van der Waals surface area contributed by atoms with Crippen LogP contribution in [0.5, 0.6) is 0 Å². The zero-order valence-corrected chi connectivity index (χ0v) is 13.2. The molecule has 1 heterocycles. The van der Waals surface area contributed by atoms with Crippen molar-refractivity contribution in [2.24, 2.45) is 17.8 Å². The SMILES string of the molecule is CCC(CC)C(C)N1C(=O)NC(=O)C(C2CCCC2)C1=O. The van der Waals surface area contributed by atoms with Gasteiger partial charge in [0.05, 0.1) is 0 Å². The van der Waals surface area contributed by atoms with Crippen LogP contribution < -0.4 is 5.32 Å². The third-order valence-electron chi connectivity index (χ3n) is 5.24. The number of imide groups is 2. The molecule has 21 heavy (non-hydrogen) atoms. The molecule has 118 valence electrons. The highest BCUT2D eigenvalue weighted by molar-refractivity contribution is 6.16. The summed E-state index contributed by atoms with van der Waals surface area (Å²) in [6.45, 7) is 6.05. The van der Waals surface area contributed by atoms with Gasteiger partial charge in [0.1, 0.15) is 5.92 Å². The first-order chi connectivity index (χ1) is 10.0. The molecule has 2 rings (SSSR count). The number of hydrogen-bond acceptors (Lipinski definition) is 3. The van der Waals surface area contributed by atoms with Crippen molar-refractivity contribution in [1.82, 2.24) is 10.2 Å². The molecule has 0 bridgehead atoms. The van der Waals surface area contributed by atoms with Crippen molar-refractivity contribution in [3.63, 3.8) is 0 Å². The van der Waals surface area contributed by atoms with Crippen molar-refractivity contribution in [2.45, 2.75) is 65.3 Å². The molecule has 5 nitrogen and oxygen atoms in total. The van der Waals surface area contributed by atoms with E-state index < -0.39 is 17.9 Å². The van der Waals surface area contributed by atoms with Gasteiger partial charge in [-0.05, 0) is 31.6 Å². The predicted molar refractivity (Wildman–Crippen MR) is 79.4 cm³/mol. The molecule has 2 aliphatic rings. The van der Waals surface area contributed by atoms with Crippen LogP contribution in [0.25, 0.3) is 0 Å². The molecule has 2 unspecified atom stereocenters. The molecule has 1 aliphatic carbocycles. The predicted octanol–water partition coefficient (Wildman–Crippen LogP) is 2.70. The zero-order valence-electron chi connectivity index (χ0n) is 13.2. The van der Waals surface area contributed by atoms with Crippen LogP contribution in [0.2, 0.25) is 0 Å². The van der Waals surface area contributed by atoms with E-state index in [1.54, 1.807) is 0 Å². The Kier molecular flexibility index (Phi) is 5.01. The molecule has 0 aromatic rings. The lowest BCUT2D eigenvalue weighted by atomic mass is 9.85. The van der Waals surface area contributed by atoms with Gasteiger partial charge in [0, 0.05) is 6.04 Å². The summed E-state index contributed by atoms with van der Waals surface area (Å²) in [6.07, 6.45) is 5.78. The maximum atomic E-state index is 12.8. The Hall–Kier alpha value is -1.39. The van der Waals surface area contributed by atoms with Gasteiger partial charge in [0.25, 0.3) is 0 Å². The summed E-state index contributed by atoms with van der Waals surface area (Å²) < 4.78 is 0. The van der Waals surface area contributed by atoms with Gasteiger partial charge in [-0.15, -0.1) is 0 Å². The first-order valence-corrected chi connectivity index (χ1v) is 8.19. The zero-order chi connectivity index (χ0) is 15.6. The Morgan fingerprint density at radius 3 is 2.24 bits per heavy atom. The van der Waals surface area contributed by atoms with Gasteiger partial charge in [-0.1, -0.05) is 39.5 Å². The van der Waals surface area contributed by atoms with Gasteiger partial charge >= 0.3 is 6.03 Å². The normalized spacial score (nSPS) is 25.6. The highest BCUT2D eigenvalue weighted by atomic mass is 16.2. The third kappa shape index (κ3) is 2.97. The lowest BCUT2D eigenvalue weighted by molar-refractivity contribution is -0.147. The molecule has 0 spiro atoms. The molecule has 5 heteroatoms. The van der Waals surface area contributed by atoms with E-state index in [-0.39, 0.29) is 23.8 Å². The Bertz CT molecular complexity index is 425. The second-order valence-corrected chi connectivity index (χ2v) is 6.34. The Morgan fingerprint density at radius 1 is 1.14 bits per heavy atom. The summed E-state index contributed by atoms with van der Waals surface area (Å²) in [7, 11) is 0. The Labute approximate surface area is 126 Å². The minimum atomic E-state index is -0.665. The minimum Gasteiger partial charge on any atom is -0.277 e. The number of rotatable bonds is 5. The van der Waals surface area contributed by atoms with Crippen LogP contribution in [0.1, 0.15) is 59.3 Å². The number of urea groups is 1. The molecular formula is C16H26N2O3. The van der Waals surface area contributed by atoms with E-state index in [2.05, 4.69) is 19.2 Å². The van der Waals surface area contributed by atoms with Crippen LogP contribution in [0.4, 0.5) is 4.79 Å². The fraction of sp³-hybridized carbons (Fsp3) is 0.812. The highest BCUT2D eigenvalue weighted by Gasteiger charge is 2.47. The number of carbonyl (C=O) groups excluding carboxylic acids is 3. The molecule has 0 radical (unpaired) electrons. The summed E-state index contributed by atoms with van der Waals surface area (Å²) in [5.41, 5.74) is 0. The molecule has 4 amide bonds. The fourth-order valence-electron chi connectivity index (χ4n) is 3.88. The molecule has 1 N–H and O–H groups in total. The standard InChI is InChI=1S/C16H26N2O3/c1-4-11(5-2)10(3)18-15(20)13(12-8-6-7-9-12)14(19)17-16(18)21/h10-13H,4-9H2,1-3H3,(H,17,19,21). The van der Waals surface area contributed by atoms with Gasteiger partial charge in [-0.25, -0.2) is 4.79 Å². The summed E-state index contributed by atoms with van der Waals surface area (Å²) >= 11 is 0. The van der Waals surface area contributed by atoms with Crippen molar-refractivity contribution in [3.05, 3.63) is 0 Å². The van der Waals surface area contributed by atoms with Crippen molar-refractivity contribution in [2.75, 3.05) is 0 Å². The number of nitrogens with one attached hydrogen (secondary N) is 1. The number of amides is 4. The van der Waals surface area contributed by atoms with E-state index in [0.29, 0.717) is 0 Å². The molecule has 1 saturated carbocycles. The van der Waals surface area contributed by atoms with Gasteiger partial charge in [0.15, 0.2) is 0 Å². The number of hydrogen-bond donors (Lipinski definition) is 1. The maximum absolute atomic E-state index is 12.8. The van der Waals surface area contributed by atoms with Crippen molar-refractivity contribution < 1.29 is 14.4 Å². The van der Waals surface area contributed by atoms with Crippen LogP contribution >= 0.6 is 0 Å². The lowest BCUT2D eigenvalue weighted by Crippen LogP contribution is -2.62. The largest absolute Gasteiger partial charge is 0.331 e. The molecule has 1 aliphatic heterocycles. The van der Waals surface area contributed by atoms with E-state index in [9.17, 15) is 14.4 Å². The fourth-order valence-corrected chi connectivity index (χ4v) is 3.88. The molecule has 2 fully saturated rings. The van der Waals surface area contributed by atoms with E-state index >= 15 is 0 Å². The summed E-state index contributed by atoms with van der Waals surface area (Å²) in [4.78, 5) is 38.3. The van der Waals surface area contributed by atoms with E-state index in [0.717, 1.165) is 38.5 Å². The monoisotopic (exact) mass is 294 g/mol. The average molecular weight is 294 g/mol. The highest BCUT2D eigenvalue weighted by Crippen LogP contribution is 2.35. The van der Waals surface area contributed by atoms with Crippen molar-refractivity contribution >= 4 is 17.8 Å². The topological polar surface area (TPSA) is 66.5 Å². The van der Waals surface area contributed by atoms with Crippen molar-refractivity contribution in [1.29, 1.82) is 0 Å². The molecule has 0 aromatic heterocycles. The summed E-state index contributed by atoms with van der Waals surface area (Å²) in [5, 5.41) is 2.40. The number of nitrogens with zero attached hydrogens (tertiary/aromatic N) is 1. The van der Waals surface area contributed by atoms with Crippen LogP contribution in [-0.2, 0) is 9.59 Å². The Morgan fingerprint density at radius 2 is 1.71 bits per heavy atom. The molecule has 1 saturated heterocycles. The van der Waals surface area contributed by atoms with Crippen molar-refractivity contribution in [3.8, 4) is 0 Å². The molecular weight excluding hydrogens is 268 g/mol. The van der Waals surface area contributed by atoms with Crippen LogP contribution in [-0.4, -0.2) is 28.8 Å². The summed E-state index contributed by atoms with van der Waals surface area (Å²) in [5.74, 6) is -0.971. The average Bonchev–Trinajstić information content (AvgIpc) is 2.93. The van der Waals surface area contributed by atoms with E-state index in [4.69, 9.17) is 0 Å². The Balaban J connectivity index is 2.22. The number of carbonyl (C=O) groups is 3. The third-order valence-corrected chi connectivity index (χ3v) is 5.24. The lowest BCUT2D eigenvalue weighted by Gasteiger charge is -2.38. The van der Waals surface area contributed by atoms with Crippen LogP contribution in [0.15, 0.2) is 0 Å². The second-order valence-electron chi connectivity index (χ2n) is 6.34. The van der Waals surface area contributed by atoms with Gasteiger partial charge in [-0.2, -0.15) is 0 Å². The van der Waals surface area contributed by atoms with E-state index in [1.807, 2.05) is 6.92 Å². The first-order valence-electron chi connectivity index (χ1n) is 8.19. The smallest absolute Gasteiger partial charge is 0.277 e. The maximum Gasteiger partial charge on any atom is 0.331 e. The van der Waals surface area contributed by atoms with Crippen LogP contribution in [0, 0.1) is 17.8 Å². The molecule has 2 atom stereocenters. The molecule has 0 aromatic carbocycles. The second kappa shape index (κ2) is 6.58. The van der Waals surface area contributed by atoms with Gasteiger partial charge in [0.2, 0.25) is 11.8 Å². The first kappa shape index (κ1) is 16.0. The van der Waals surface area contributed by atoms with Gasteiger partial charge in [-0.3, -0.25) is 19.8 Å². The quantitative estimate of drug-likeness (QED) is 0.793. The summed E-state index contributed by atoms with van der Waals surface area (Å²) in [6, 6.07) is -0.705. The number of barbiturate groups is 1. The minimum absolute atomic E-state index is 0.0991. The van der Waals surface area contributed by atoms with Crippen LogP contribution in [0.3, 0.4) is 0 Å². The van der Waals surface area contributed by atoms with E-state index in [1.165, 1.54) is 4.90 Å². The van der Waals surface area contributed by atoms with Gasteiger partial charge < -0.3 is 0 Å².